The van der Waals surface area contributed by atoms with Gasteiger partial charge in [0.15, 0.2) is 0 Å². The zero-order valence-corrected chi connectivity index (χ0v) is 18.4. The molecule has 0 saturated heterocycles. The van der Waals surface area contributed by atoms with Crippen molar-refractivity contribution in [3.63, 3.8) is 0 Å². The zero-order chi connectivity index (χ0) is 24.0. The first kappa shape index (κ1) is 21.7. The monoisotopic (exact) mass is 462 g/mol. The van der Waals surface area contributed by atoms with Gasteiger partial charge in [-0.2, -0.15) is 5.10 Å². The number of nitrogens with one attached hydrogen (secondary N) is 1. The van der Waals surface area contributed by atoms with Gasteiger partial charge in [-0.05, 0) is 61.2 Å². The van der Waals surface area contributed by atoms with E-state index in [1.807, 2.05) is 6.92 Å². The van der Waals surface area contributed by atoms with Crippen LogP contribution in [0.2, 0.25) is 0 Å². The number of carbonyl (C=O) groups excluding carboxylic acids is 1. The third kappa shape index (κ3) is 3.79. The van der Waals surface area contributed by atoms with Crippen LogP contribution in [0.5, 0.6) is 0 Å². The molecule has 0 radical (unpaired) electrons. The van der Waals surface area contributed by atoms with Crippen LogP contribution in [0.4, 0.5) is 8.78 Å². The van der Waals surface area contributed by atoms with Gasteiger partial charge in [-0.15, -0.1) is 9.83 Å². The van der Waals surface area contributed by atoms with E-state index in [0.717, 1.165) is 35.3 Å². The first-order valence-corrected chi connectivity index (χ1v) is 10.7. The van der Waals surface area contributed by atoms with Crippen molar-refractivity contribution in [2.24, 2.45) is 0 Å². The first-order valence-electron chi connectivity index (χ1n) is 10.7. The van der Waals surface area contributed by atoms with Crippen molar-refractivity contribution in [2.45, 2.75) is 25.8 Å². The molecule has 34 heavy (non-hydrogen) atoms. The molecule has 1 amide bonds. The molecule has 1 N–H and O–H groups in total. The average Bonchev–Trinajstić information content (AvgIpc) is 3.63. The minimum absolute atomic E-state index is 0.0209. The van der Waals surface area contributed by atoms with Gasteiger partial charge in [0.2, 0.25) is 0 Å². The number of rotatable bonds is 5. The van der Waals surface area contributed by atoms with Gasteiger partial charge in [-0.25, -0.2) is 8.78 Å². The maximum absolute atomic E-state index is 14.5. The van der Waals surface area contributed by atoms with Crippen LogP contribution in [0.25, 0.3) is 33.3 Å². The standard InChI is InChI=1S/C25H20F2N4O3/c1-13-3-4-14(24(32)29-17-6-7-17)9-19(13)20-10-15-12-28-30-22(23(15)31(34-2)25(20)33)18-8-5-16(26)11-21(18)27/h3-5,8-12,17H,6-7H2,1-2H3,(H,29,32). The number of hydrogen-bond donors (Lipinski definition) is 1. The highest BCUT2D eigenvalue weighted by Gasteiger charge is 2.25. The van der Waals surface area contributed by atoms with Gasteiger partial charge in [-0.3, -0.25) is 9.59 Å². The van der Waals surface area contributed by atoms with Gasteiger partial charge >= 0.3 is 0 Å². The molecule has 1 aliphatic rings. The topological polar surface area (TPSA) is 86.1 Å². The molecule has 0 aliphatic heterocycles. The molecule has 0 bridgehead atoms. The number of halogens is 2. The highest BCUT2D eigenvalue weighted by atomic mass is 19.1. The molecule has 2 aromatic heterocycles. The summed E-state index contributed by atoms with van der Waals surface area (Å²) < 4.78 is 29.0. The Hall–Kier alpha value is -4.14. The predicted octanol–water partition coefficient (Wildman–Crippen LogP) is 3.66. The number of benzene rings is 2. The van der Waals surface area contributed by atoms with E-state index in [-0.39, 0.29) is 34.3 Å². The lowest BCUT2D eigenvalue weighted by molar-refractivity contribution is 0.0951. The van der Waals surface area contributed by atoms with Crippen LogP contribution >= 0.6 is 0 Å². The van der Waals surface area contributed by atoms with Gasteiger partial charge in [0, 0.05) is 28.6 Å². The van der Waals surface area contributed by atoms with Crippen molar-refractivity contribution in [2.75, 3.05) is 7.11 Å². The molecule has 0 atom stereocenters. The highest BCUT2D eigenvalue weighted by Crippen LogP contribution is 2.30. The Kier molecular flexibility index (Phi) is 5.31. The van der Waals surface area contributed by atoms with Crippen molar-refractivity contribution in [3.8, 4) is 22.4 Å². The fraction of sp³-hybridized carbons (Fsp3) is 0.200. The molecule has 2 heterocycles. The number of nitrogens with zero attached hydrogens (tertiary/aromatic N) is 3. The fourth-order valence-corrected chi connectivity index (χ4v) is 3.92. The lowest BCUT2D eigenvalue weighted by Crippen LogP contribution is -2.28. The van der Waals surface area contributed by atoms with Crippen molar-refractivity contribution in [1.29, 1.82) is 0 Å². The van der Waals surface area contributed by atoms with Crippen LogP contribution < -0.4 is 15.7 Å². The predicted molar refractivity (Wildman–Crippen MR) is 122 cm³/mol. The minimum Gasteiger partial charge on any atom is -0.413 e. The van der Waals surface area contributed by atoms with Crippen molar-refractivity contribution >= 4 is 16.8 Å². The highest BCUT2D eigenvalue weighted by molar-refractivity contribution is 5.97. The summed E-state index contributed by atoms with van der Waals surface area (Å²) in [4.78, 5) is 31.4. The van der Waals surface area contributed by atoms with E-state index in [4.69, 9.17) is 4.84 Å². The molecule has 0 unspecified atom stereocenters. The number of carbonyl (C=O) groups is 1. The van der Waals surface area contributed by atoms with Crippen LogP contribution in [0.1, 0.15) is 28.8 Å². The van der Waals surface area contributed by atoms with Gasteiger partial charge in [0.05, 0.1) is 11.8 Å². The van der Waals surface area contributed by atoms with Crippen LogP contribution in [0, 0.1) is 18.6 Å². The second-order valence-corrected chi connectivity index (χ2v) is 8.24. The molecule has 1 fully saturated rings. The third-order valence-electron chi connectivity index (χ3n) is 5.84. The second-order valence-electron chi connectivity index (χ2n) is 8.24. The second kappa shape index (κ2) is 8.33. The van der Waals surface area contributed by atoms with E-state index in [1.165, 1.54) is 19.4 Å². The van der Waals surface area contributed by atoms with Crippen LogP contribution in [-0.4, -0.2) is 34.0 Å². The Morgan fingerprint density at radius 1 is 1.09 bits per heavy atom. The molecule has 4 aromatic rings. The molecule has 2 aromatic carbocycles. The van der Waals surface area contributed by atoms with Gasteiger partial charge in [0.1, 0.15) is 30.0 Å². The Bertz CT molecular complexity index is 1510. The number of pyridine rings is 1. The Labute approximate surface area is 193 Å². The molecule has 172 valence electrons. The van der Waals surface area contributed by atoms with E-state index < -0.39 is 17.2 Å². The molecule has 1 saturated carbocycles. The molecule has 1 aliphatic carbocycles. The molecule has 0 spiro atoms. The van der Waals surface area contributed by atoms with E-state index in [2.05, 4.69) is 15.5 Å². The summed E-state index contributed by atoms with van der Waals surface area (Å²) in [5.41, 5.74) is 1.76. The maximum atomic E-state index is 14.5. The number of fused-ring (bicyclic) bond motifs is 1. The number of aryl methyl sites for hydroxylation is 1. The smallest absolute Gasteiger partial charge is 0.291 e. The molecule has 5 rings (SSSR count). The number of amides is 1. The quantitative estimate of drug-likeness (QED) is 0.489. The van der Waals surface area contributed by atoms with Crippen LogP contribution in [0.15, 0.2) is 53.5 Å². The Morgan fingerprint density at radius 3 is 2.59 bits per heavy atom. The van der Waals surface area contributed by atoms with Gasteiger partial charge in [0.25, 0.3) is 11.5 Å². The summed E-state index contributed by atoms with van der Waals surface area (Å²) in [6.45, 7) is 1.84. The maximum Gasteiger partial charge on any atom is 0.291 e. The molecular weight excluding hydrogens is 442 g/mol. The lowest BCUT2D eigenvalue weighted by Gasteiger charge is -2.15. The van der Waals surface area contributed by atoms with Crippen molar-refractivity contribution in [1.82, 2.24) is 20.2 Å². The minimum atomic E-state index is -0.841. The number of hydrogen-bond acceptors (Lipinski definition) is 5. The first-order chi connectivity index (χ1) is 16.4. The third-order valence-corrected chi connectivity index (χ3v) is 5.84. The largest absolute Gasteiger partial charge is 0.413 e. The summed E-state index contributed by atoms with van der Waals surface area (Å²) in [6.07, 6.45) is 3.36. The van der Waals surface area contributed by atoms with Crippen LogP contribution in [0.3, 0.4) is 0 Å². The summed E-state index contributed by atoms with van der Waals surface area (Å²) in [5, 5.41) is 11.4. The van der Waals surface area contributed by atoms with E-state index in [0.29, 0.717) is 16.5 Å². The molecule has 7 nitrogen and oxygen atoms in total. The summed E-state index contributed by atoms with van der Waals surface area (Å²) in [6, 6.07) is 10.1. The normalized spacial score (nSPS) is 13.2. The summed E-state index contributed by atoms with van der Waals surface area (Å²) in [5.74, 6) is -1.77. The average molecular weight is 462 g/mol. The Morgan fingerprint density at radius 2 is 1.88 bits per heavy atom. The van der Waals surface area contributed by atoms with Crippen molar-refractivity contribution in [3.05, 3.63) is 81.8 Å². The van der Waals surface area contributed by atoms with E-state index in [1.54, 1.807) is 24.3 Å². The molecular formula is C25H20F2N4O3. The molecule has 9 heteroatoms. The van der Waals surface area contributed by atoms with Gasteiger partial charge in [-0.1, -0.05) is 6.07 Å². The summed E-state index contributed by atoms with van der Waals surface area (Å²) >= 11 is 0. The van der Waals surface area contributed by atoms with Gasteiger partial charge < -0.3 is 10.2 Å². The van der Waals surface area contributed by atoms with E-state index in [9.17, 15) is 18.4 Å². The lowest BCUT2D eigenvalue weighted by atomic mass is 9.97. The Balaban J connectivity index is 1.71. The fourth-order valence-electron chi connectivity index (χ4n) is 3.92. The van der Waals surface area contributed by atoms with Crippen LogP contribution in [-0.2, 0) is 0 Å². The zero-order valence-electron chi connectivity index (χ0n) is 18.4. The number of aromatic nitrogens is 3. The van der Waals surface area contributed by atoms with Crippen molar-refractivity contribution < 1.29 is 18.4 Å². The summed E-state index contributed by atoms with van der Waals surface area (Å²) in [7, 11) is 1.31. The van der Waals surface area contributed by atoms with E-state index >= 15 is 0 Å². The SMILES string of the molecule is COn1c(=O)c(-c2cc(C(=O)NC3CC3)ccc2C)cc2cnnc(-c3ccc(F)cc3F)c21.